The standard InChI is InChI=1S/C8H10O2/c9-7-1-5-2-8(10)4-6(5)3-7/h1,6-7,9H,2-4H2. The van der Waals surface area contributed by atoms with Gasteiger partial charge in [-0.15, -0.1) is 0 Å². The number of aliphatic hydroxyl groups excluding tert-OH is 1. The van der Waals surface area contributed by atoms with E-state index in [9.17, 15) is 4.79 Å². The molecule has 2 unspecified atom stereocenters. The van der Waals surface area contributed by atoms with E-state index in [0.717, 1.165) is 6.42 Å². The maximum atomic E-state index is 10.8. The second-order valence-electron chi connectivity index (χ2n) is 3.16. The summed E-state index contributed by atoms with van der Waals surface area (Å²) >= 11 is 0. The Bertz CT molecular complexity index is 205. The van der Waals surface area contributed by atoms with Crippen LogP contribution in [0.2, 0.25) is 0 Å². The molecule has 1 N–H and O–H groups in total. The molecule has 0 aromatic rings. The van der Waals surface area contributed by atoms with Gasteiger partial charge in [-0.05, 0) is 12.3 Å². The third-order valence-electron chi connectivity index (χ3n) is 2.33. The first-order chi connectivity index (χ1) is 4.75. The zero-order valence-electron chi connectivity index (χ0n) is 5.71. The van der Waals surface area contributed by atoms with Crippen LogP contribution in [0.25, 0.3) is 0 Å². The Labute approximate surface area is 59.5 Å². The third kappa shape index (κ3) is 0.797. The lowest BCUT2D eigenvalue weighted by molar-refractivity contribution is -0.117. The summed E-state index contributed by atoms with van der Waals surface area (Å²) in [7, 11) is 0. The van der Waals surface area contributed by atoms with Crippen LogP contribution < -0.4 is 0 Å². The first-order valence-electron chi connectivity index (χ1n) is 3.66. The minimum absolute atomic E-state index is 0.270. The van der Waals surface area contributed by atoms with Gasteiger partial charge in [0.05, 0.1) is 6.10 Å². The van der Waals surface area contributed by atoms with Crippen molar-refractivity contribution in [2.75, 3.05) is 0 Å². The normalized spacial score (nSPS) is 38.1. The van der Waals surface area contributed by atoms with Crippen LogP contribution >= 0.6 is 0 Å². The van der Waals surface area contributed by atoms with Crippen LogP contribution in [0.4, 0.5) is 0 Å². The number of fused-ring (bicyclic) bond motifs is 1. The lowest BCUT2D eigenvalue weighted by Gasteiger charge is -2.01. The van der Waals surface area contributed by atoms with Crippen molar-refractivity contribution < 1.29 is 9.90 Å². The molecule has 1 fully saturated rings. The molecule has 2 heteroatoms. The highest BCUT2D eigenvalue weighted by Gasteiger charge is 2.33. The molecule has 1 saturated carbocycles. The van der Waals surface area contributed by atoms with Crippen molar-refractivity contribution in [3.63, 3.8) is 0 Å². The molecular formula is C8H10O2. The summed E-state index contributed by atoms with van der Waals surface area (Å²) < 4.78 is 0. The van der Waals surface area contributed by atoms with Gasteiger partial charge in [0, 0.05) is 12.8 Å². The molecule has 2 aliphatic carbocycles. The Morgan fingerprint density at radius 3 is 3.10 bits per heavy atom. The maximum absolute atomic E-state index is 10.8. The van der Waals surface area contributed by atoms with Crippen LogP contribution in [-0.4, -0.2) is 17.0 Å². The number of allylic oxidation sites excluding steroid dienone is 1. The van der Waals surface area contributed by atoms with Crippen molar-refractivity contribution >= 4 is 5.78 Å². The molecule has 0 bridgehead atoms. The molecule has 2 atom stereocenters. The molecule has 54 valence electrons. The van der Waals surface area contributed by atoms with E-state index in [4.69, 9.17) is 5.11 Å². The molecule has 0 amide bonds. The quantitative estimate of drug-likeness (QED) is 0.499. The summed E-state index contributed by atoms with van der Waals surface area (Å²) in [6.45, 7) is 0. The van der Waals surface area contributed by atoms with Crippen molar-refractivity contribution in [3.8, 4) is 0 Å². The van der Waals surface area contributed by atoms with Crippen molar-refractivity contribution in [2.24, 2.45) is 5.92 Å². The topological polar surface area (TPSA) is 37.3 Å². The van der Waals surface area contributed by atoms with E-state index < -0.39 is 0 Å². The molecule has 0 aromatic carbocycles. The van der Waals surface area contributed by atoms with Gasteiger partial charge >= 0.3 is 0 Å². The summed E-state index contributed by atoms with van der Waals surface area (Å²) in [5, 5.41) is 9.13. The number of rotatable bonds is 0. The van der Waals surface area contributed by atoms with Gasteiger partial charge in [0.2, 0.25) is 0 Å². The third-order valence-corrected chi connectivity index (χ3v) is 2.33. The number of hydrogen-bond acceptors (Lipinski definition) is 2. The predicted molar refractivity (Wildman–Crippen MR) is 36.4 cm³/mol. The smallest absolute Gasteiger partial charge is 0.137 e. The van der Waals surface area contributed by atoms with Gasteiger partial charge in [0.25, 0.3) is 0 Å². The van der Waals surface area contributed by atoms with E-state index in [0.29, 0.717) is 24.5 Å². The van der Waals surface area contributed by atoms with Crippen molar-refractivity contribution in [1.29, 1.82) is 0 Å². The van der Waals surface area contributed by atoms with Gasteiger partial charge in [-0.1, -0.05) is 11.6 Å². The lowest BCUT2D eigenvalue weighted by atomic mass is 10.1. The second kappa shape index (κ2) is 1.92. The molecule has 10 heavy (non-hydrogen) atoms. The van der Waals surface area contributed by atoms with E-state index >= 15 is 0 Å². The number of aliphatic hydroxyl groups is 1. The Kier molecular flexibility index (Phi) is 1.17. The van der Waals surface area contributed by atoms with Gasteiger partial charge < -0.3 is 5.11 Å². The summed E-state index contributed by atoms with van der Waals surface area (Å²) in [6, 6.07) is 0. The first kappa shape index (κ1) is 6.10. The minimum Gasteiger partial charge on any atom is -0.389 e. The van der Waals surface area contributed by atoms with Crippen molar-refractivity contribution in [1.82, 2.24) is 0 Å². The fraction of sp³-hybridized carbons (Fsp3) is 0.625. The van der Waals surface area contributed by atoms with E-state index in [1.807, 2.05) is 6.08 Å². The lowest BCUT2D eigenvalue weighted by Crippen LogP contribution is -2.02. The van der Waals surface area contributed by atoms with E-state index in [-0.39, 0.29) is 6.10 Å². The predicted octanol–water partition coefficient (Wildman–Crippen LogP) is 0.656. The maximum Gasteiger partial charge on any atom is 0.137 e. The molecule has 2 nitrogen and oxygen atoms in total. The molecular weight excluding hydrogens is 128 g/mol. The van der Waals surface area contributed by atoms with Crippen LogP contribution in [-0.2, 0) is 4.79 Å². The van der Waals surface area contributed by atoms with Gasteiger partial charge in [-0.25, -0.2) is 0 Å². The molecule has 2 aliphatic rings. The first-order valence-corrected chi connectivity index (χ1v) is 3.66. The number of carbonyl (C=O) groups is 1. The van der Waals surface area contributed by atoms with E-state index in [1.165, 1.54) is 5.57 Å². The largest absolute Gasteiger partial charge is 0.389 e. The van der Waals surface area contributed by atoms with Crippen LogP contribution in [0.15, 0.2) is 11.6 Å². The van der Waals surface area contributed by atoms with Crippen molar-refractivity contribution in [3.05, 3.63) is 11.6 Å². The number of Topliss-reactive ketones (excluding diaryl/α,β-unsaturated/α-hetero) is 1. The fourth-order valence-electron chi connectivity index (χ4n) is 1.89. The summed E-state index contributed by atoms with van der Waals surface area (Å²) in [5.41, 5.74) is 1.18. The van der Waals surface area contributed by atoms with E-state index in [1.54, 1.807) is 0 Å². The summed E-state index contributed by atoms with van der Waals surface area (Å²) in [5.74, 6) is 0.727. The van der Waals surface area contributed by atoms with Crippen LogP contribution in [0.3, 0.4) is 0 Å². The zero-order chi connectivity index (χ0) is 7.14. The summed E-state index contributed by atoms with van der Waals surface area (Å²) in [4.78, 5) is 10.8. The highest BCUT2D eigenvalue weighted by atomic mass is 16.3. The molecule has 0 aliphatic heterocycles. The summed E-state index contributed by atoms with van der Waals surface area (Å²) in [6.07, 6.45) is 3.62. The van der Waals surface area contributed by atoms with Crippen molar-refractivity contribution in [2.45, 2.75) is 25.4 Å². The number of ketones is 1. The Hall–Kier alpha value is -0.630. The SMILES string of the molecule is O=C1CC2=CC(O)CC2C1. The Balaban J connectivity index is 2.21. The molecule has 2 rings (SSSR count). The molecule has 0 radical (unpaired) electrons. The van der Waals surface area contributed by atoms with Gasteiger partial charge in [0.15, 0.2) is 0 Å². The fourth-order valence-corrected chi connectivity index (χ4v) is 1.89. The highest BCUT2D eigenvalue weighted by molar-refractivity contribution is 5.85. The molecule has 0 spiro atoms. The minimum atomic E-state index is -0.270. The molecule has 0 aromatic heterocycles. The average Bonchev–Trinajstić information content (AvgIpc) is 2.21. The van der Waals surface area contributed by atoms with Crippen LogP contribution in [0, 0.1) is 5.92 Å². The average molecular weight is 138 g/mol. The second-order valence-corrected chi connectivity index (χ2v) is 3.16. The monoisotopic (exact) mass is 138 g/mol. The highest BCUT2D eigenvalue weighted by Crippen LogP contribution is 2.37. The van der Waals surface area contributed by atoms with E-state index in [2.05, 4.69) is 0 Å². The molecule has 0 saturated heterocycles. The number of carbonyl (C=O) groups excluding carboxylic acids is 1. The van der Waals surface area contributed by atoms with Crippen LogP contribution in [0.5, 0.6) is 0 Å². The Morgan fingerprint density at radius 2 is 2.40 bits per heavy atom. The number of hydrogen-bond donors (Lipinski definition) is 1. The van der Waals surface area contributed by atoms with Gasteiger partial charge in [-0.2, -0.15) is 0 Å². The van der Waals surface area contributed by atoms with Gasteiger partial charge in [0.1, 0.15) is 5.78 Å². The van der Waals surface area contributed by atoms with Crippen LogP contribution in [0.1, 0.15) is 19.3 Å². The molecule has 0 heterocycles. The zero-order valence-corrected chi connectivity index (χ0v) is 5.71. The van der Waals surface area contributed by atoms with Gasteiger partial charge in [-0.3, -0.25) is 4.79 Å². The Morgan fingerprint density at radius 1 is 1.60 bits per heavy atom.